The normalized spacial score (nSPS) is 9.69. The van der Waals surface area contributed by atoms with Crippen LogP contribution in [0.2, 0.25) is 0 Å². The van der Waals surface area contributed by atoms with E-state index in [0.717, 1.165) is 12.0 Å². The van der Waals surface area contributed by atoms with Crippen LogP contribution in [0.15, 0.2) is 24.3 Å². The molecular formula is C9H13N3O. The van der Waals surface area contributed by atoms with Gasteiger partial charge >= 0.3 is 0 Å². The zero-order chi connectivity index (χ0) is 9.68. The Hall–Kier alpha value is -1.39. The maximum atomic E-state index is 11.1. The molecule has 4 heteroatoms. The van der Waals surface area contributed by atoms with Gasteiger partial charge in [0.25, 0.3) is 5.91 Å². The maximum Gasteiger partial charge on any atom is 0.265 e. The maximum absolute atomic E-state index is 11.1. The molecule has 0 spiro atoms. The van der Waals surface area contributed by atoms with Gasteiger partial charge in [-0.3, -0.25) is 10.2 Å². The summed E-state index contributed by atoms with van der Waals surface area (Å²) in [4.78, 5) is 11.1. The van der Waals surface area contributed by atoms with E-state index in [0.29, 0.717) is 12.1 Å². The molecule has 0 aromatic heterocycles. The van der Waals surface area contributed by atoms with Crippen molar-refractivity contribution in [3.63, 3.8) is 0 Å². The lowest BCUT2D eigenvalue weighted by molar-refractivity contribution is 0.0953. The third-order valence-electron chi connectivity index (χ3n) is 1.75. The summed E-state index contributed by atoms with van der Waals surface area (Å²) in [5, 5.41) is 0. The number of carbonyl (C=O) groups is 1. The van der Waals surface area contributed by atoms with Gasteiger partial charge in [0.2, 0.25) is 0 Å². The van der Waals surface area contributed by atoms with Crippen molar-refractivity contribution in [2.24, 2.45) is 11.6 Å². The molecule has 0 radical (unpaired) electrons. The van der Waals surface area contributed by atoms with E-state index >= 15 is 0 Å². The molecule has 0 bridgehead atoms. The van der Waals surface area contributed by atoms with Gasteiger partial charge in [-0.25, -0.2) is 5.84 Å². The third kappa shape index (κ3) is 2.54. The Balaban J connectivity index is 2.85. The zero-order valence-electron chi connectivity index (χ0n) is 7.29. The number of hydrogen-bond donors (Lipinski definition) is 3. The van der Waals surface area contributed by atoms with E-state index in [2.05, 4.69) is 5.43 Å². The second-order valence-electron chi connectivity index (χ2n) is 2.71. The van der Waals surface area contributed by atoms with Crippen molar-refractivity contribution in [2.45, 2.75) is 6.42 Å². The first-order valence-corrected chi connectivity index (χ1v) is 4.08. The first-order chi connectivity index (χ1) is 6.27. The van der Waals surface area contributed by atoms with Crippen molar-refractivity contribution < 1.29 is 4.79 Å². The largest absolute Gasteiger partial charge is 0.330 e. The summed E-state index contributed by atoms with van der Waals surface area (Å²) in [6.45, 7) is 0.577. The summed E-state index contributed by atoms with van der Waals surface area (Å²) in [5.74, 6) is 4.73. The predicted molar refractivity (Wildman–Crippen MR) is 50.9 cm³/mol. The molecule has 0 aliphatic carbocycles. The van der Waals surface area contributed by atoms with Crippen molar-refractivity contribution in [3.05, 3.63) is 35.4 Å². The van der Waals surface area contributed by atoms with Crippen LogP contribution in [0.5, 0.6) is 0 Å². The van der Waals surface area contributed by atoms with Crippen molar-refractivity contribution in [1.82, 2.24) is 5.43 Å². The van der Waals surface area contributed by atoms with E-state index in [9.17, 15) is 4.79 Å². The number of rotatable bonds is 3. The smallest absolute Gasteiger partial charge is 0.265 e. The number of nitrogens with one attached hydrogen (secondary N) is 1. The highest BCUT2D eigenvalue weighted by Crippen LogP contribution is 2.04. The lowest BCUT2D eigenvalue weighted by Crippen LogP contribution is -2.30. The van der Waals surface area contributed by atoms with E-state index in [4.69, 9.17) is 11.6 Å². The molecule has 0 aliphatic heterocycles. The molecule has 1 aromatic rings. The molecule has 0 aliphatic rings. The summed E-state index contributed by atoms with van der Waals surface area (Å²) in [7, 11) is 0. The molecule has 1 rings (SSSR count). The van der Waals surface area contributed by atoms with Crippen LogP contribution in [0.1, 0.15) is 15.9 Å². The lowest BCUT2D eigenvalue weighted by atomic mass is 10.1. The van der Waals surface area contributed by atoms with Crippen molar-refractivity contribution >= 4 is 5.91 Å². The quantitative estimate of drug-likeness (QED) is 0.341. The number of hydrazine groups is 1. The van der Waals surface area contributed by atoms with Gasteiger partial charge in [-0.15, -0.1) is 0 Å². The number of amides is 1. The highest BCUT2D eigenvalue weighted by molar-refractivity contribution is 5.93. The number of nitrogens with two attached hydrogens (primary N) is 2. The monoisotopic (exact) mass is 179 g/mol. The van der Waals surface area contributed by atoms with Gasteiger partial charge in [0.05, 0.1) is 0 Å². The number of hydrogen-bond acceptors (Lipinski definition) is 3. The summed E-state index contributed by atoms with van der Waals surface area (Å²) < 4.78 is 0. The van der Waals surface area contributed by atoms with Gasteiger partial charge in [0.15, 0.2) is 0 Å². The van der Waals surface area contributed by atoms with Crippen molar-refractivity contribution in [3.8, 4) is 0 Å². The first kappa shape index (κ1) is 9.70. The molecule has 13 heavy (non-hydrogen) atoms. The van der Waals surface area contributed by atoms with E-state index in [-0.39, 0.29) is 5.91 Å². The van der Waals surface area contributed by atoms with E-state index in [1.807, 2.05) is 12.1 Å². The fourth-order valence-electron chi connectivity index (χ4n) is 1.12. The fourth-order valence-corrected chi connectivity index (χ4v) is 1.12. The van der Waals surface area contributed by atoms with E-state index in [1.54, 1.807) is 12.1 Å². The van der Waals surface area contributed by atoms with Crippen molar-refractivity contribution in [2.75, 3.05) is 6.54 Å². The van der Waals surface area contributed by atoms with Gasteiger partial charge in [-0.1, -0.05) is 12.1 Å². The molecule has 0 saturated heterocycles. The third-order valence-corrected chi connectivity index (χ3v) is 1.75. The second kappa shape index (κ2) is 4.59. The molecule has 0 saturated carbocycles. The topological polar surface area (TPSA) is 81.1 Å². The highest BCUT2D eigenvalue weighted by atomic mass is 16.2. The molecule has 1 aromatic carbocycles. The Morgan fingerprint density at radius 1 is 1.46 bits per heavy atom. The van der Waals surface area contributed by atoms with Gasteiger partial charge in [0, 0.05) is 5.56 Å². The minimum Gasteiger partial charge on any atom is -0.330 e. The van der Waals surface area contributed by atoms with E-state index < -0.39 is 0 Å². The van der Waals surface area contributed by atoms with Gasteiger partial charge in [-0.05, 0) is 30.7 Å². The lowest BCUT2D eigenvalue weighted by Gasteiger charge is -2.02. The summed E-state index contributed by atoms with van der Waals surface area (Å²) in [6, 6.07) is 7.24. The van der Waals surface area contributed by atoms with Crippen LogP contribution in [-0.4, -0.2) is 12.5 Å². The first-order valence-electron chi connectivity index (χ1n) is 4.08. The minimum atomic E-state index is -0.279. The number of nitrogen functional groups attached to an aromatic ring is 1. The van der Waals surface area contributed by atoms with Crippen LogP contribution in [0, 0.1) is 0 Å². The molecule has 0 heterocycles. The van der Waals surface area contributed by atoms with Gasteiger partial charge in [0.1, 0.15) is 0 Å². The van der Waals surface area contributed by atoms with Crippen LogP contribution in [-0.2, 0) is 6.42 Å². The van der Waals surface area contributed by atoms with Gasteiger partial charge < -0.3 is 5.73 Å². The van der Waals surface area contributed by atoms with Crippen molar-refractivity contribution in [1.29, 1.82) is 0 Å². The molecule has 1 amide bonds. The average molecular weight is 179 g/mol. The molecule has 0 fully saturated rings. The predicted octanol–water partition coefficient (Wildman–Crippen LogP) is -0.209. The zero-order valence-corrected chi connectivity index (χ0v) is 7.29. The number of carbonyl (C=O) groups excluding carboxylic acids is 1. The van der Waals surface area contributed by atoms with Crippen LogP contribution in [0.4, 0.5) is 0 Å². The van der Waals surface area contributed by atoms with Crippen LogP contribution in [0.25, 0.3) is 0 Å². The van der Waals surface area contributed by atoms with Gasteiger partial charge in [-0.2, -0.15) is 0 Å². The second-order valence-corrected chi connectivity index (χ2v) is 2.71. The molecule has 0 unspecified atom stereocenters. The minimum absolute atomic E-state index is 0.279. The molecule has 0 atom stereocenters. The average Bonchev–Trinajstić information content (AvgIpc) is 2.18. The standard InChI is InChI=1S/C9H13N3O/c10-5-4-7-2-1-3-8(6-7)9(13)12-11/h1-3,6H,4-5,10-11H2,(H,12,13). The highest BCUT2D eigenvalue weighted by Gasteiger charge is 2.02. The molecule has 70 valence electrons. The molecule has 4 nitrogen and oxygen atoms in total. The Labute approximate surface area is 76.9 Å². The summed E-state index contributed by atoms with van der Waals surface area (Å²) >= 11 is 0. The summed E-state index contributed by atoms with van der Waals surface area (Å²) in [5.41, 5.74) is 9.08. The molecule has 5 N–H and O–H groups in total. The fraction of sp³-hybridized carbons (Fsp3) is 0.222. The van der Waals surface area contributed by atoms with Crippen LogP contribution < -0.4 is 17.0 Å². The Bertz CT molecular complexity index is 299. The Morgan fingerprint density at radius 2 is 2.23 bits per heavy atom. The summed E-state index contributed by atoms with van der Waals surface area (Å²) in [6.07, 6.45) is 0.770. The Morgan fingerprint density at radius 3 is 2.85 bits per heavy atom. The van der Waals surface area contributed by atoms with E-state index in [1.165, 1.54) is 0 Å². The SMILES string of the molecule is NCCc1cccc(C(=O)NN)c1. The van der Waals surface area contributed by atoms with Crippen LogP contribution >= 0.6 is 0 Å². The van der Waals surface area contributed by atoms with Crippen LogP contribution in [0.3, 0.4) is 0 Å². The Kier molecular flexibility index (Phi) is 3.42. The number of benzene rings is 1. The molecular weight excluding hydrogens is 166 g/mol.